The standard InChI is InChI=1S/C16H16FN5O/c1-23-16-12(9-11(17)10-18-16)13-3-2-7-21(13)14-5-8-22-15(20-14)4-6-19-22/h4-6,8-10,13H,2-3,7H2,1H3. The minimum Gasteiger partial charge on any atom is -0.481 e. The van der Waals surface area contributed by atoms with Gasteiger partial charge in [-0.25, -0.2) is 18.9 Å². The van der Waals surface area contributed by atoms with Crippen molar-refractivity contribution in [1.82, 2.24) is 19.6 Å². The molecule has 0 spiro atoms. The van der Waals surface area contributed by atoms with Crippen molar-refractivity contribution < 1.29 is 9.13 Å². The van der Waals surface area contributed by atoms with Crippen LogP contribution in [0.5, 0.6) is 5.88 Å². The van der Waals surface area contributed by atoms with Crippen LogP contribution in [-0.2, 0) is 0 Å². The summed E-state index contributed by atoms with van der Waals surface area (Å²) in [6.07, 6.45) is 6.70. The van der Waals surface area contributed by atoms with Gasteiger partial charge >= 0.3 is 0 Å². The molecule has 6 nitrogen and oxygen atoms in total. The maximum atomic E-state index is 13.7. The second-order valence-electron chi connectivity index (χ2n) is 5.52. The molecule has 0 aliphatic carbocycles. The van der Waals surface area contributed by atoms with E-state index in [-0.39, 0.29) is 11.9 Å². The number of hydrogen-bond acceptors (Lipinski definition) is 5. The highest BCUT2D eigenvalue weighted by molar-refractivity contribution is 5.51. The van der Waals surface area contributed by atoms with Crippen molar-refractivity contribution in [2.45, 2.75) is 18.9 Å². The summed E-state index contributed by atoms with van der Waals surface area (Å²) in [5.41, 5.74) is 1.55. The third-order valence-corrected chi connectivity index (χ3v) is 4.19. The highest BCUT2D eigenvalue weighted by atomic mass is 19.1. The Hall–Kier alpha value is -2.70. The molecule has 1 aliphatic heterocycles. The van der Waals surface area contributed by atoms with Crippen molar-refractivity contribution in [2.75, 3.05) is 18.6 Å². The summed E-state index contributed by atoms with van der Waals surface area (Å²) in [6.45, 7) is 0.863. The van der Waals surface area contributed by atoms with E-state index in [0.717, 1.165) is 36.4 Å². The van der Waals surface area contributed by atoms with Crippen LogP contribution in [-0.4, -0.2) is 33.2 Å². The Kier molecular flexibility index (Phi) is 3.33. The average molecular weight is 313 g/mol. The molecular weight excluding hydrogens is 297 g/mol. The summed E-state index contributed by atoms with van der Waals surface area (Å²) in [7, 11) is 1.56. The number of anilines is 1. The van der Waals surface area contributed by atoms with Crippen LogP contribution in [0.4, 0.5) is 10.2 Å². The van der Waals surface area contributed by atoms with E-state index in [1.807, 2.05) is 18.3 Å². The van der Waals surface area contributed by atoms with Gasteiger partial charge in [0.05, 0.1) is 25.5 Å². The van der Waals surface area contributed by atoms with E-state index in [1.54, 1.807) is 17.8 Å². The minimum atomic E-state index is -0.355. The van der Waals surface area contributed by atoms with Crippen molar-refractivity contribution in [3.05, 3.63) is 48.2 Å². The fraction of sp³-hybridized carbons (Fsp3) is 0.312. The molecule has 7 heteroatoms. The molecule has 3 aromatic heterocycles. The van der Waals surface area contributed by atoms with E-state index < -0.39 is 0 Å². The smallest absolute Gasteiger partial charge is 0.218 e. The third kappa shape index (κ3) is 2.38. The molecule has 118 valence electrons. The Morgan fingerprint density at radius 3 is 3.13 bits per heavy atom. The predicted octanol–water partition coefficient (Wildman–Crippen LogP) is 2.61. The van der Waals surface area contributed by atoms with Crippen LogP contribution in [0.3, 0.4) is 0 Å². The van der Waals surface area contributed by atoms with Gasteiger partial charge in [-0.05, 0) is 25.0 Å². The summed E-state index contributed by atoms with van der Waals surface area (Å²) in [5, 5.41) is 4.16. The molecule has 23 heavy (non-hydrogen) atoms. The number of aromatic nitrogens is 4. The molecule has 0 N–H and O–H groups in total. The number of rotatable bonds is 3. The van der Waals surface area contributed by atoms with Crippen molar-refractivity contribution in [2.24, 2.45) is 0 Å². The van der Waals surface area contributed by atoms with E-state index >= 15 is 0 Å². The van der Waals surface area contributed by atoms with Crippen LogP contribution in [0.1, 0.15) is 24.4 Å². The summed E-state index contributed by atoms with van der Waals surface area (Å²) in [5.74, 6) is 0.965. The maximum Gasteiger partial charge on any atom is 0.218 e. The van der Waals surface area contributed by atoms with Crippen LogP contribution in [0.15, 0.2) is 36.8 Å². The van der Waals surface area contributed by atoms with Crippen molar-refractivity contribution in [3.8, 4) is 5.88 Å². The number of halogens is 1. The van der Waals surface area contributed by atoms with Gasteiger partial charge in [0.15, 0.2) is 5.65 Å². The topological polar surface area (TPSA) is 55.5 Å². The molecule has 0 aromatic carbocycles. The molecule has 1 unspecified atom stereocenters. The first-order chi connectivity index (χ1) is 11.3. The van der Waals surface area contributed by atoms with E-state index in [9.17, 15) is 4.39 Å². The molecule has 3 aromatic rings. The largest absolute Gasteiger partial charge is 0.481 e. The van der Waals surface area contributed by atoms with E-state index in [4.69, 9.17) is 4.74 Å². The number of pyridine rings is 1. The van der Waals surface area contributed by atoms with Gasteiger partial charge in [0.25, 0.3) is 0 Å². The molecule has 0 radical (unpaired) electrons. The Morgan fingerprint density at radius 1 is 1.35 bits per heavy atom. The van der Waals surface area contributed by atoms with Crippen molar-refractivity contribution in [1.29, 1.82) is 0 Å². The fourth-order valence-electron chi connectivity index (χ4n) is 3.18. The lowest BCUT2D eigenvalue weighted by atomic mass is 10.1. The Balaban J connectivity index is 1.75. The van der Waals surface area contributed by atoms with Gasteiger partial charge in [-0.1, -0.05) is 0 Å². The molecule has 1 fully saturated rings. The molecular formula is C16H16FN5O. The number of methoxy groups -OCH3 is 1. The SMILES string of the molecule is COc1ncc(F)cc1C1CCCN1c1ccn2nccc2n1. The predicted molar refractivity (Wildman–Crippen MR) is 83.1 cm³/mol. The maximum absolute atomic E-state index is 13.7. The zero-order chi connectivity index (χ0) is 15.8. The Bertz CT molecular complexity index is 849. The van der Waals surface area contributed by atoms with Gasteiger partial charge in [0, 0.05) is 24.4 Å². The first kappa shape index (κ1) is 13.9. The van der Waals surface area contributed by atoms with E-state index in [0.29, 0.717) is 5.88 Å². The first-order valence-corrected chi connectivity index (χ1v) is 7.53. The van der Waals surface area contributed by atoms with Crippen LogP contribution < -0.4 is 9.64 Å². The second-order valence-corrected chi connectivity index (χ2v) is 5.52. The monoisotopic (exact) mass is 313 g/mol. The quantitative estimate of drug-likeness (QED) is 0.744. The lowest BCUT2D eigenvalue weighted by molar-refractivity contribution is 0.385. The first-order valence-electron chi connectivity index (χ1n) is 7.53. The number of ether oxygens (including phenoxy) is 1. The van der Waals surface area contributed by atoms with E-state index in [1.165, 1.54) is 12.3 Å². The van der Waals surface area contributed by atoms with Gasteiger partial charge in [0.2, 0.25) is 5.88 Å². The Morgan fingerprint density at radius 2 is 2.26 bits per heavy atom. The summed E-state index contributed by atoms with van der Waals surface area (Å²) in [6, 6.07) is 5.30. The van der Waals surface area contributed by atoms with Gasteiger partial charge < -0.3 is 9.64 Å². The zero-order valence-corrected chi connectivity index (χ0v) is 12.7. The van der Waals surface area contributed by atoms with Gasteiger partial charge in [0.1, 0.15) is 11.6 Å². The highest BCUT2D eigenvalue weighted by Crippen LogP contribution is 2.38. The second kappa shape index (κ2) is 5.49. The van der Waals surface area contributed by atoms with Crippen LogP contribution >= 0.6 is 0 Å². The van der Waals surface area contributed by atoms with Gasteiger partial charge in [-0.2, -0.15) is 5.10 Å². The number of fused-ring (bicyclic) bond motifs is 1. The normalized spacial score (nSPS) is 17.8. The molecule has 0 bridgehead atoms. The van der Waals surface area contributed by atoms with E-state index in [2.05, 4.69) is 20.0 Å². The lowest BCUT2D eigenvalue weighted by Gasteiger charge is -2.26. The van der Waals surface area contributed by atoms with Crippen LogP contribution in [0.25, 0.3) is 5.65 Å². The molecule has 0 amide bonds. The van der Waals surface area contributed by atoms with Crippen molar-refractivity contribution >= 4 is 11.5 Å². The molecule has 0 saturated carbocycles. The minimum absolute atomic E-state index is 0.00558. The van der Waals surface area contributed by atoms with Gasteiger partial charge in [-0.3, -0.25) is 0 Å². The Labute approximate surface area is 132 Å². The molecule has 1 aliphatic rings. The summed E-state index contributed by atoms with van der Waals surface area (Å²) in [4.78, 5) is 10.9. The third-order valence-electron chi connectivity index (χ3n) is 4.19. The van der Waals surface area contributed by atoms with Crippen LogP contribution in [0, 0.1) is 5.82 Å². The lowest BCUT2D eigenvalue weighted by Crippen LogP contribution is -2.24. The number of nitrogens with zero attached hydrogens (tertiary/aromatic N) is 5. The molecule has 1 saturated heterocycles. The van der Waals surface area contributed by atoms with Crippen LogP contribution in [0.2, 0.25) is 0 Å². The van der Waals surface area contributed by atoms with Crippen molar-refractivity contribution in [3.63, 3.8) is 0 Å². The fourth-order valence-corrected chi connectivity index (χ4v) is 3.18. The zero-order valence-electron chi connectivity index (χ0n) is 12.7. The summed E-state index contributed by atoms with van der Waals surface area (Å²) < 4.78 is 20.7. The average Bonchev–Trinajstić information content (AvgIpc) is 3.23. The van der Waals surface area contributed by atoms with Gasteiger partial charge in [-0.15, -0.1) is 0 Å². The molecule has 4 heterocycles. The molecule has 4 rings (SSSR count). The number of hydrogen-bond donors (Lipinski definition) is 0. The summed E-state index contributed by atoms with van der Waals surface area (Å²) >= 11 is 0. The highest BCUT2D eigenvalue weighted by Gasteiger charge is 2.30. The molecule has 1 atom stereocenters.